The van der Waals surface area contributed by atoms with Gasteiger partial charge in [0.2, 0.25) is 0 Å². The summed E-state index contributed by atoms with van der Waals surface area (Å²) >= 11 is 0.885. The normalized spacial score (nSPS) is 10.9. The molecule has 130 valence electrons. The van der Waals surface area contributed by atoms with E-state index in [1.807, 2.05) is 0 Å². The summed E-state index contributed by atoms with van der Waals surface area (Å²) in [7, 11) is 0. The van der Waals surface area contributed by atoms with Crippen molar-refractivity contribution in [3.8, 4) is 0 Å². The first-order valence-corrected chi connectivity index (χ1v) is 8.78. The van der Waals surface area contributed by atoms with Crippen LogP contribution in [0.2, 0.25) is 0 Å². The van der Waals surface area contributed by atoms with Crippen LogP contribution in [-0.4, -0.2) is 22.1 Å². The molecular formula is C16H20N2O5S. The van der Waals surface area contributed by atoms with Gasteiger partial charge in [-0.05, 0) is 12.5 Å². The summed E-state index contributed by atoms with van der Waals surface area (Å²) in [5.41, 5.74) is 0.432. The number of nitro groups is 1. The number of aromatic nitrogens is 1. The lowest BCUT2D eigenvalue weighted by Gasteiger charge is -2.06. The van der Waals surface area contributed by atoms with Gasteiger partial charge < -0.3 is 4.74 Å². The maximum absolute atomic E-state index is 12.0. The molecule has 24 heavy (non-hydrogen) atoms. The predicted octanol–water partition coefficient (Wildman–Crippen LogP) is 3.48. The Morgan fingerprint density at radius 1 is 1.29 bits per heavy atom. The molecule has 1 aromatic carbocycles. The zero-order valence-corrected chi connectivity index (χ0v) is 14.3. The minimum atomic E-state index is -0.513. The zero-order chi connectivity index (χ0) is 17.5. The van der Waals surface area contributed by atoms with Gasteiger partial charge in [0.15, 0.2) is 0 Å². The largest absolute Gasteiger partial charge is 0.464 e. The van der Waals surface area contributed by atoms with Crippen LogP contribution in [0.3, 0.4) is 0 Å². The van der Waals surface area contributed by atoms with E-state index >= 15 is 0 Å². The second-order valence-corrected chi connectivity index (χ2v) is 6.49. The van der Waals surface area contributed by atoms with Gasteiger partial charge in [0.1, 0.15) is 6.54 Å². The highest BCUT2D eigenvalue weighted by molar-refractivity contribution is 7.16. The number of esters is 1. The Kier molecular flexibility index (Phi) is 6.48. The van der Waals surface area contributed by atoms with Crippen LogP contribution in [0.1, 0.15) is 39.0 Å². The lowest BCUT2D eigenvalue weighted by atomic mass is 10.2. The van der Waals surface area contributed by atoms with E-state index in [-0.39, 0.29) is 17.1 Å². The molecule has 2 aromatic rings. The quantitative estimate of drug-likeness (QED) is 0.298. The lowest BCUT2D eigenvalue weighted by Crippen LogP contribution is -2.21. The minimum Gasteiger partial charge on any atom is -0.464 e. The van der Waals surface area contributed by atoms with Gasteiger partial charge >= 0.3 is 10.8 Å². The van der Waals surface area contributed by atoms with Gasteiger partial charge in [0.05, 0.1) is 21.7 Å². The molecule has 0 N–H and O–H groups in total. The van der Waals surface area contributed by atoms with Gasteiger partial charge in [-0.3, -0.25) is 24.3 Å². The molecule has 0 aliphatic rings. The highest BCUT2D eigenvalue weighted by Crippen LogP contribution is 2.23. The molecule has 1 aromatic heterocycles. The first-order valence-electron chi connectivity index (χ1n) is 7.96. The average Bonchev–Trinajstić information content (AvgIpc) is 2.85. The lowest BCUT2D eigenvalue weighted by molar-refractivity contribution is -0.384. The molecule has 0 fully saturated rings. The van der Waals surface area contributed by atoms with Crippen molar-refractivity contribution in [2.24, 2.45) is 0 Å². The Bertz CT molecular complexity index is 780. The van der Waals surface area contributed by atoms with Crippen LogP contribution < -0.4 is 4.87 Å². The van der Waals surface area contributed by atoms with Gasteiger partial charge in [-0.15, -0.1) is 0 Å². The number of nitrogens with zero attached hydrogens (tertiary/aromatic N) is 2. The standard InChI is InChI=1S/C16H20N2O5S/c1-2-3-4-5-6-9-23-15(19)11-17-13-8-7-12(18(21)22)10-14(13)24-16(17)20/h7-8,10H,2-6,9,11H2,1H3. The van der Waals surface area contributed by atoms with Crippen molar-refractivity contribution in [2.75, 3.05) is 6.61 Å². The Hall–Kier alpha value is -2.22. The Morgan fingerprint density at radius 2 is 2.04 bits per heavy atom. The number of hydrogen-bond donors (Lipinski definition) is 0. The number of carbonyl (C=O) groups excluding carboxylic acids is 1. The molecule has 0 amide bonds. The third-order valence-corrected chi connectivity index (χ3v) is 4.60. The predicted molar refractivity (Wildman–Crippen MR) is 92.5 cm³/mol. The van der Waals surface area contributed by atoms with Crippen LogP contribution in [0, 0.1) is 10.1 Å². The van der Waals surface area contributed by atoms with E-state index in [0.29, 0.717) is 16.8 Å². The van der Waals surface area contributed by atoms with Crippen molar-refractivity contribution in [2.45, 2.75) is 45.6 Å². The van der Waals surface area contributed by atoms with E-state index in [0.717, 1.165) is 37.0 Å². The SMILES string of the molecule is CCCCCCCOC(=O)Cn1c(=O)sc2cc([N+](=O)[O-])ccc21. The van der Waals surface area contributed by atoms with Gasteiger partial charge in [0.25, 0.3) is 5.69 Å². The minimum absolute atomic E-state index is 0.0782. The topological polar surface area (TPSA) is 91.4 Å². The van der Waals surface area contributed by atoms with Crippen molar-refractivity contribution >= 4 is 33.2 Å². The van der Waals surface area contributed by atoms with E-state index in [2.05, 4.69) is 6.92 Å². The molecule has 2 rings (SSSR count). The first kappa shape index (κ1) is 18.1. The maximum atomic E-state index is 12.0. The third kappa shape index (κ3) is 4.64. The van der Waals surface area contributed by atoms with Crippen LogP contribution in [0.5, 0.6) is 0 Å². The smallest absolute Gasteiger partial charge is 0.326 e. The van der Waals surface area contributed by atoms with E-state index < -0.39 is 10.9 Å². The third-order valence-electron chi connectivity index (χ3n) is 3.66. The molecule has 0 saturated heterocycles. The summed E-state index contributed by atoms with van der Waals surface area (Å²) in [5, 5.41) is 10.8. The van der Waals surface area contributed by atoms with E-state index in [1.165, 1.54) is 29.2 Å². The first-order chi connectivity index (χ1) is 11.5. The summed E-state index contributed by atoms with van der Waals surface area (Å²) in [6.07, 6.45) is 5.30. The molecule has 8 heteroatoms. The molecule has 0 saturated carbocycles. The van der Waals surface area contributed by atoms with Crippen LogP contribution in [0.25, 0.3) is 10.2 Å². The number of carbonyl (C=O) groups is 1. The van der Waals surface area contributed by atoms with Gasteiger partial charge in [0, 0.05) is 12.1 Å². The number of benzene rings is 1. The van der Waals surface area contributed by atoms with Crippen molar-refractivity contribution in [3.05, 3.63) is 38.0 Å². The summed E-state index contributed by atoms with van der Waals surface area (Å²) in [4.78, 5) is 33.8. The number of thiazole rings is 1. The molecule has 0 aliphatic carbocycles. The van der Waals surface area contributed by atoms with Crippen molar-refractivity contribution in [1.29, 1.82) is 0 Å². The fraction of sp³-hybridized carbons (Fsp3) is 0.500. The second kappa shape index (κ2) is 8.58. The van der Waals surface area contributed by atoms with Crippen molar-refractivity contribution < 1.29 is 14.5 Å². The Morgan fingerprint density at radius 3 is 2.75 bits per heavy atom. The molecule has 7 nitrogen and oxygen atoms in total. The fourth-order valence-electron chi connectivity index (χ4n) is 2.38. The monoisotopic (exact) mass is 352 g/mol. The average molecular weight is 352 g/mol. The van der Waals surface area contributed by atoms with Gasteiger partial charge in [-0.25, -0.2) is 0 Å². The number of hydrogen-bond acceptors (Lipinski definition) is 6. The number of fused-ring (bicyclic) bond motifs is 1. The Labute approximate surface area is 143 Å². The molecule has 0 aliphatic heterocycles. The van der Waals surface area contributed by atoms with E-state index in [1.54, 1.807) is 0 Å². The van der Waals surface area contributed by atoms with Crippen LogP contribution in [-0.2, 0) is 16.1 Å². The van der Waals surface area contributed by atoms with Crippen LogP contribution >= 0.6 is 11.3 Å². The molecule has 0 unspecified atom stereocenters. The number of nitro benzene ring substituents is 1. The maximum Gasteiger partial charge on any atom is 0.326 e. The molecule has 0 spiro atoms. The summed E-state index contributed by atoms with van der Waals surface area (Å²) < 4.78 is 6.94. The summed E-state index contributed by atoms with van der Waals surface area (Å²) in [6.45, 7) is 2.31. The van der Waals surface area contributed by atoms with Crippen molar-refractivity contribution in [3.63, 3.8) is 0 Å². The van der Waals surface area contributed by atoms with Crippen LogP contribution in [0.4, 0.5) is 5.69 Å². The number of non-ortho nitro benzene ring substituents is 1. The number of rotatable bonds is 9. The summed E-state index contributed by atoms with van der Waals surface area (Å²) in [6, 6.07) is 4.16. The van der Waals surface area contributed by atoms with Gasteiger partial charge in [-0.2, -0.15) is 0 Å². The van der Waals surface area contributed by atoms with E-state index in [9.17, 15) is 19.7 Å². The molecule has 1 heterocycles. The highest BCUT2D eigenvalue weighted by Gasteiger charge is 2.15. The number of ether oxygens (including phenoxy) is 1. The van der Waals surface area contributed by atoms with Gasteiger partial charge in [-0.1, -0.05) is 43.9 Å². The number of unbranched alkanes of at least 4 members (excludes halogenated alkanes) is 4. The van der Waals surface area contributed by atoms with Crippen molar-refractivity contribution in [1.82, 2.24) is 4.57 Å². The van der Waals surface area contributed by atoms with E-state index in [4.69, 9.17) is 4.74 Å². The highest BCUT2D eigenvalue weighted by atomic mass is 32.1. The molecule has 0 atom stereocenters. The molecular weight excluding hydrogens is 332 g/mol. The molecule has 0 bridgehead atoms. The Balaban J connectivity index is 1.97. The molecule has 0 radical (unpaired) electrons. The fourth-order valence-corrected chi connectivity index (χ4v) is 3.31. The zero-order valence-electron chi connectivity index (χ0n) is 13.5. The second-order valence-electron chi connectivity index (χ2n) is 5.50. The summed E-state index contributed by atoms with van der Waals surface area (Å²) in [5.74, 6) is -0.467. The van der Waals surface area contributed by atoms with Crippen LogP contribution in [0.15, 0.2) is 23.0 Å².